The van der Waals surface area contributed by atoms with Crippen LogP contribution in [0.25, 0.3) is 0 Å². The van der Waals surface area contributed by atoms with Gasteiger partial charge in [0.25, 0.3) is 0 Å². The van der Waals surface area contributed by atoms with Crippen LogP contribution in [-0.2, 0) is 22.4 Å². The highest BCUT2D eigenvalue weighted by atomic mass is 16.2. The van der Waals surface area contributed by atoms with Gasteiger partial charge in [0.05, 0.1) is 0 Å². The molecule has 1 aromatic rings. The number of fused-ring (bicyclic) bond motifs is 1. The fraction of sp³-hybridized carbons (Fsp3) is 0.444. The number of nitrogens with zero attached hydrogens (tertiary/aromatic N) is 1. The Morgan fingerprint density at radius 2 is 2.09 bits per heavy atom. The summed E-state index contributed by atoms with van der Waals surface area (Å²) < 4.78 is 0. The van der Waals surface area contributed by atoms with Gasteiger partial charge in [-0.3, -0.25) is 9.59 Å². The van der Waals surface area contributed by atoms with Gasteiger partial charge >= 0.3 is 11.8 Å². The zero-order valence-electron chi connectivity index (χ0n) is 13.7. The van der Waals surface area contributed by atoms with Crippen molar-refractivity contribution < 1.29 is 9.59 Å². The molecule has 1 aliphatic heterocycles. The predicted octanol–water partition coefficient (Wildman–Crippen LogP) is 1.42. The SMILES string of the molecule is C=CCNC(=O)C(=O)NCCc1ccc2c(c1)CCCN2CC. The quantitative estimate of drug-likeness (QED) is 0.616. The van der Waals surface area contributed by atoms with E-state index in [1.165, 1.54) is 29.3 Å². The molecule has 23 heavy (non-hydrogen) atoms. The molecular weight excluding hydrogens is 290 g/mol. The number of anilines is 1. The lowest BCUT2D eigenvalue weighted by atomic mass is 9.98. The number of rotatable bonds is 6. The normalized spacial score (nSPS) is 13.2. The van der Waals surface area contributed by atoms with Gasteiger partial charge in [0.1, 0.15) is 0 Å². The summed E-state index contributed by atoms with van der Waals surface area (Å²) in [4.78, 5) is 25.4. The highest BCUT2D eigenvalue weighted by Crippen LogP contribution is 2.27. The van der Waals surface area contributed by atoms with Crippen molar-refractivity contribution in [2.24, 2.45) is 0 Å². The van der Waals surface area contributed by atoms with Gasteiger partial charge in [-0.05, 0) is 43.4 Å². The first-order chi connectivity index (χ1) is 11.2. The Hall–Kier alpha value is -2.30. The van der Waals surface area contributed by atoms with Crippen molar-refractivity contribution in [1.29, 1.82) is 0 Å². The Morgan fingerprint density at radius 3 is 2.83 bits per heavy atom. The smallest absolute Gasteiger partial charge is 0.309 e. The van der Waals surface area contributed by atoms with Crippen molar-refractivity contribution >= 4 is 17.5 Å². The van der Waals surface area contributed by atoms with Crippen LogP contribution in [0.3, 0.4) is 0 Å². The summed E-state index contributed by atoms with van der Waals surface area (Å²) in [6.07, 6.45) is 4.55. The van der Waals surface area contributed by atoms with Crippen molar-refractivity contribution in [1.82, 2.24) is 10.6 Å². The van der Waals surface area contributed by atoms with Crippen LogP contribution >= 0.6 is 0 Å². The van der Waals surface area contributed by atoms with Gasteiger partial charge in [-0.2, -0.15) is 0 Å². The van der Waals surface area contributed by atoms with E-state index in [1.54, 1.807) is 0 Å². The number of benzene rings is 1. The van der Waals surface area contributed by atoms with Crippen LogP contribution in [0.5, 0.6) is 0 Å². The Morgan fingerprint density at radius 1 is 1.30 bits per heavy atom. The predicted molar refractivity (Wildman–Crippen MR) is 92.6 cm³/mol. The lowest BCUT2D eigenvalue weighted by molar-refractivity contribution is -0.139. The van der Waals surface area contributed by atoms with E-state index < -0.39 is 11.8 Å². The number of hydrogen-bond acceptors (Lipinski definition) is 3. The molecule has 0 unspecified atom stereocenters. The van der Waals surface area contributed by atoms with E-state index in [0.29, 0.717) is 13.1 Å². The van der Waals surface area contributed by atoms with Gasteiger partial charge in [0.2, 0.25) is 0 Å². The van der Waals surface area contributed by atoms with Crippen molar-refractivity contribution in [3.8, 4) is 0 Å². The molecule has 2 rings (SSSR count). The summed E-state index contributed by atoms with van der Waals surface area (Å²) in [5.41, 5.74) is 3.90. The summed E-state index contributed by atoms with van der Waals surface area (Å²) in [7, 11) is 0. The van der Waals surface area contributed by atoms with E-state index >= 15 is 0 Å². The maximum absolute atomic E-state index is 11.6. The van der Waals surface area contributed by atoms with E-state index in [2.05, 4.69) is 47.2 Å². The number of nitrogens with one attached hydrogen (secondary N) is 2. The molecule has 1 aromatic carbocycles. The molecule has 0 aliphatic carbocycles. The third-order valence-corrected chi connectivity index (χ3v) is 4.05. The van der Waals surface area contributed by atoms with Gasteiger partial charge in [-0.15, -0.1) is 6.58 Å². The van der Waals surface area contributed by atoms with Gasteiger partial charge in [0, 0.05) is 31.9 Å². The van der Waals surface area contributed by atoms with Crippen molar-refractivity contribution in [2.75, 3.05) is 31.1 Å². The molecule has 2 N–H and O–H groups in total. The van der Waals surface area contributed by atoms with Gasteiger partial charge in [-0.25, -0.2) is 0 Å². The Bertz CT molecular complexity index is 584. The highest BCUT2D eigenvalue weighted by molar-refractivity contribution is 6.35. The van der Waals surface area contributed by atoms with Gasteiger partial charge in [-0.1, -0.05) is 18.2 Å². The molecule has 0 atom stereocenters. The molecule has 0 radical (unpaired) electrons. The molecule has 5 heteroatoms. The van der Waals surface area contributed by atoms with E-state index in [0.717, 1.165) is 25.9 Å². The first-order valence-corrected chi connectivity index (χ1v) is 8.19. The van der Waals surface area contributed by atoms with Crippen LogP contribution < -0.4 is 15.5 Å². The van der Waals surface area contributed by atoms with Gasteiger partial charge < -0.3 is 15.5 Å². The second-order valence-electron chi connectivity index (χ2n) is 5.65. The van der Waals surface area contributed by atoms with Crippen LogP contribution in [0.1, 0.15) is 24.5 Å². The third-order valence-electron chi connectivity index (χ3n) is 4.05. The standard InChI is InChI=1S/C18H25N3O2/c1-3-10-19-17(22)18(23)20-11-9-14-7-8-16-15(13-14)6-5-12-21(16)4-2/h3,7-8,13H,1,4-6,9-12H2,2H3,(H,19,22)(H,20,23). The fourth-order valence-corrected chi connectivity index (χ4v) is 2.86. The first-order valence-electron chi connectivity index (χ1n) is 8.19. The topological polar surface area (TPSA) is 61.4 Å². The third kappa shape index (κ3) is 4.58. The van der Waals surface area contributed by atoms with E-state index in [4.69, 9.17) is 0 Å². The minimum absolute atomic E-state index is 0.297. The molecule has 0 saturated heterocycles. The van der Waals surface area contributed by atoms with Crippen LogP contribution in [0.15, 0.2) is 30.9 Å². The zero-order valence-corrected chi connectivity index (χ0v) is 13.7. The Balaban J connectivity index is 1.86. The van der Waals surface area contributed by atoms with Crippen LogP contribution in [0.4, 0.5) is 5.69 Å². The first kappa shape index (κ1) is 17.1. The van der Waals surface area contributed by atoms with Crippen molar-refractivity contribution in [2.45, 2.75) is 26.2 Å². The molecular formula is C18H25N3O2. The molecule has 5 nitrogen and oxygen atoms in total. The molecule has 1 heterocycles. The highest BCUT2D eigenvalue weighted by Gasteiger charge is 2.16. The zero-order chi connectivity index (χ0) is 16.7. The minimum Gasteiger partial charge on any atom is -0.372 e. The molecule has 2 amide bonds. The summed E-state index contributed by atoms with van der Waals surface area (Å²) in [6.45, 7) is 8.57. The average Bonchev–Trinajstić information content (AvgIpc) is 2.58. The summed E-state index contributed by atoms with van der Waals surface area (Å²) in [5, 5.41) is 5.10. The Labute approximate surface area is 137 Å². The molecule has 0 aromatic heterocycles. The van der Waals surface area contributed by atoms with Gasteiger partial charge in [0.15, 0.2) is 0 Å². The maximum Gasteiger partial charge on any atom is 0.309 e. The monoisotopic (exact) mass is 315 g/mol. The maximum atomic E-state index is 11.6. The number of carbonyl (C=O) groups excluding carboxylic acids is 2. The minimum atomic E-state index is -0.617. The Kier molecular flexibility index (Phi) is 6.20. The fourth-order valence-electron chi connectivity index (χ4n) is 2.86. The lowest BCUT2D eigenvalue weighted by Gasteiger charge is -2.30. The lowest BCUT2D eigenvalue weighted by Crippen LogP contribution is -2.40. The van der Waals surface area contributed by atoms with Crippen LogP contribution in [-0.4, -0.2) is 38.0 Å². The van der Waals surface area contributed by atoms with Crippen molar-refractivity contribution in [3.63, 3.8) is 0 Å². The summed E-state index contributed by atoms with van der Waals surface area (Å²) >= 11 is 0. The van der Waals surface area contributed by atoms with Crippen LogP contribution in [0.2, 0.25) is 0 Å². The summed E-state index contributed by atoms with van der Waals surface area (Å²) in [5.74, 6) is -1.21. The number of carbonyl (C=O) groups is 2. The molecule has 0 saturated carbocycles. The molecule has 0 spiro atoms. The second kappa shape index (κ2) is 8.36. The van der Waals surface area contributed by atoms with Crippen LogP contribution in [0, 0.1) is 0 Å². The number of aryl methyl sites for hydroxylation is 1. The van der Waals surface area contributed by atoms with E-state index in [9.17, 15) is 9.59 Å². The second-order valence-corrected chi connectivity index (χ2v) is 5.65. The van der Waals surface area contributed by atoms with Crippen molar-refractivity contribution in [3.05, 3.63) is 42.0 Å². The van der Waals surface area contributed by atoms with E-state index in [-0.39, 0.29) is 0 Å². The molecule has 0 fully saturated rings. The summed E-state index contributed by atoms with van der Waals surface area (Å²) in [6, 6.07) is 6.50. The molecule has 124 valence electrons. The largest absolute Gasteiger partial charge is 0.372 e. The number of amides is 2. The molecule has 1 aliphatic rings. The number of hydrogen-bond donors (Lipinski definition) is 2. The van der Waals surface area contributed by atoms with E-state index in [1.807, 2.05) is 0 Å². The average molecular weight is 315 g/mol. The molecule has 0 bridgehead atoms.